The topological polar surface area (TPSA) is 181 Å². The number of ether oxygens (including phenoxy) is 2. The molecule has 1 aromatic carbocycles. The summed E-state index contributed by atoms with van der Waals surface area (Å²) in [6.07, 6.45) is 6.81. The summed E-state index contributed by atoms with van der Waals surface area (Å²) < 4.78 is 39.3. The Hall–Kier alpha value is -3.88. The molecule has 3 N–H and O–H groups in total. The minimum Gasteiger partial charge on any atom is -0.450 e. The van der Waals surface area contributed by atoms with Crippen molar-refractivity contribution in [2.75, 3.05) is 18.9 Å². The van der Waals surface area contributed by atoms with Crippen molar-refractivity contribution in [2.45, 2.75) is 141 Å². The first kappa shape index (κ1) is 38.8. The smallest absolute Gasteiger partial charge is 0.410 e. The van der Waals surface area contributed by atoms with Crippen molar-refractivity contribution < 1.29 is 41.9 Å². The van der Waals surface area contributed by atoms with Crippen LogP contribution in [0.3, 0.4) is 0 Å². The van der Waals surface area contributed by atoms with E-state index >= 15 is 0 Å². The van der Waals surface area contributed by atoms with Crippen molar-refractivity contribution in [2.24, 2.45) is 11.3 Å². The molecule has 5 aliphatic rings. The molecule has 15 heteroatoms. The quantitative estimate of drug-likeness (QED) is 0.401. The fourth-order valence-corrected chi connectivity index (χ4v) is 9.47. The Bertz CT molecular complexity index is 1690. The van der Waals surface area contributed by atoms with Gasteiger partial charge in [-0.1, -0.05) is 77.5 Å². The van der Waals surface area contributed by atoms with Gasteiger partial charge >= 0.3 is 12.2 Å². The molecule has 0 spiro atoms. The zero-order valence-corrected chi connectivity index (χ0v) is 32.1. The summed E-state index contributed by atoms with van der Waals surface area (Å²) in [5.41, 5.74) is 1.12. The molecule has 3 fully saturated rings. The van der Waals surface area contributed by atoms with Gasteiger partial charge in [0.2, 0.25) is 21.8 Å². The van der Waals surface area contributed by atoms with E-state index in [2.05, 4.69) is 21.4 Å². The first-order chi connectivity index (χ1) is 25.2. The molecule has 53 heavy (non-hydrogen) atoms. The van der Waals surface area contributed by atoms with Crippen LogP contribution in [0.5, 0.6) is 0 Å². The van der Waals surface area contributed by atoms with Gasteiger partial charge in [-0.05, 0) is 66.5 Å². The molecular weight excluding hydrogens is 703 g/mol. The van der Waals surface area contributed by atoms with Gasteiger partial charge < -0.3 is 25.0 Å². The lowest BCUT2D eigenvalue weighted by Crippen LogP contribution is -2.60. The summed E-state index contributed by atoms with van der Waals surface area (Å²) in [5, 5.41) is 5.60. The van der Waals surface area contributed by atoms with E-state index in [1.54, 1.807) is 25.7 Å². The third-order valence-corrected chi connectivity index (χ3v) is 12.8. The van der Waals surface area contributed by atoms with Crippen molar-refractivity contribution >= 4 is 39.9 Å². The number of cyclic esters (lactones) is 1. The molecule has 292 valence electrons. The van der Waals surface area contributed by atoms with Gasteiger partial charge in [0.25, 0.3) is 5.91 Å². The van der Waals surface area contributed by atoms with Gasteiger partial charge in [0.1, 0.15) is 23.7 Å². The summed E-state index contributed by atoms with van der Waals surface area (Å²) >= 11 is 0. The van der Waals surface area contributed by atoms with Crippen LogP contribution in [0, 0.1) is 11.3 Å². The van der Waals surface area contributed by atoms with Crippen LogP contribution >= 0.6 is 0 Å². The molecule has 1 saturated carbocycles. The zero-order chi connectivity index (χ0) is 38.0. The lowest BCUT2D eigenvalue weighted by Gasteiger charge is -2.35. The third kappa shape index (κ3) is 9.09. The minimum absolute atomic E-state index is 0.0443. The minimum atomic E-state index is -3.91. The molecule has 0 radical (unpaired) electrons. The molecule has 1 aliphatic carbocycles. The number of amides is 5. The molecule has 2 saturated heterocycles. The lowest BCUT2D eigenvalue weighted by atomic mass is 9.85. The number of nitrogens with zero attached hydrogens (tertiary/aromatic N) is 2. The Labute approximate surface area is 312 Å². The molecule has 0 aromatic heterocycles. The van der Waals surface area contributed by atoms with Gasteiger partial charge in [-0.2, -0.15) is 0 Å². The molecule has 5 amide bonds. The standard InChI is InChI=1S/C38H55N5O9S/c1-37(2,3)31-33(45)43-23-28(20-30(43)32(44)40-38-21-27(38)17-10-5-4-8-12-19-53(49,50)41-34(38)46)52-36(48)42-22-26-16-13-15-25(29(26)24-42)14-9-6-7-11-18-51-35(47)39-31/h13,15-16,27-28,30-31H,4-12,14,17-24H2,1-3H3,(H,39,47)(H,40,44)(H,41,46)/t27-,28-,30+,31-,38?/m1/s1. The van der Waals surface area contributed by atoms with Crippen LogP contribution in [0.25, 0.3) is 0 Å². The predicted octanol–water partition coefficient (Wildman–Crippen LogP) is 4.04. The van der Waals surface area contributed by atoms with Crippen LogP contribution in [0.4, 0.5) is 9.59 Å². The molecular formula is C38H55N5O9S. The Morgan fingerprint density at radius 1 is 0.943 bits per heavy atom. The van der Waals surface area contributed by atoms with Gasteiger partial charge in [0.05, 0.1) is 18.9 Å². The van der Waals surface area contributed by atoms with Crippen LogP contribution in [-0.2, 0) is 53.4 Å². The van der Waals surface area contributed by atoms with Crippen LogP contribution in [0.1, 0.15) is 115 Å². The number of carbonyl (C=O) groups is 5. The van der Waals surface area contributed by atoms with Gasteiger partial charge in [0.15, 0.2) is 0 Å². The van der Waals surface area contributed by atoms with Crippen molar-refractivity contribution in [1.29, 1.82) is 0 Å². The summed E-state index contributed by atoms with van der Waals surface area (Å²) in [7, 11) is -3.91. The Morgan fingerprint density at radius 3 is 2.45 bits per heavy atom. The van der Waals surface area contributed by atoms with Crippen LogP contribution in [-0.4, -0.2) is 90.8 Å². The molecule has 4 heterocycles. The molecule has 5 atom stereocenters. The largest absolute Gasteiger partial charge is 0.450 e. The number of rotatable bonds is 2. The summed E-state index contributed by atoms with van der Waals surface area (Å²) in [6, 6.07) is 3.84. The highest BCUT2D eigenvalue weighted by atomic mass is 32.2. The van der Waals surface area contributed by atoms with E-state index in [9.17, 15) is 32.4 Å². The van der Waals surface area contributed by atoms with Gasteiger partial charge in [-0.25, -0.2) is 18.0 Å². The van der Waals surface area contributed by atoms with Crippen LogP contribution < -0.4 is 15.4 Å². The van der Waals surface area contributed by atoms with E-state index in [0.717, 1.165) is 62.5 Å². The van der Waals surface area contributed by atoms with Crippen molar-refractivity contribution in [3.05, 3.63) is 34.9 Å². The number of carbonyl (C=O) groups excluding carboxylic acids is 5. The van der Waals surface area contributed by atoms with E-state index in [1.165, 1.54) is 10.5 Å². The molecule has 6 rings (SSSR count). The fraction of sp³-hybridized carbons (Fsp3) is 0.711. The highest BCUT2D eigenvalue weighted by Crippen LogP contribution is 2.48. The number of fused-ring (bicyclic) bond motifs is 4. The first-order valence-electron chi connectivity index (χ1n) is 19.3. The van der Waals surface area contributed by atoms with E-state index in [1.807, 2.05) is 12.1 Å². The fourth-order valence-electron chi connectivity index (χ4n) is 8.32. The van der Waals surface area contributed by atoms with E-state index in [-0.39, 0.29) is 37.7 Å². The van der Waals surface area contributed by atoms with Crippen LogP contribution in [0.2, 0.25) is 0 Å². The average Bonchev–Trinajstić information content (AvgIpc) is 3.38. The maximum atomic E-state index is 14.5. The number of hydrogen-bond acceptors (Lipinski definition) is 9. The summed E-state index contributed by atoms with van der Waals surface area (Å²) in [4.78, 5) is 72.0. The summed E-state index contributed by atoms with van der Waals surface area (Å²) in [6.45, 7) is 6.24. The second-order valence-corrected chi connectivity index (χ2v) is 18.4. The number of sulfonamides is 1. The molecule has 4 bridgehead atoms. The number of aryl methyl sites for hydroxylation is 1. The Kier molecular flexibility index (Phi) is 11.6. The number of benzene rings is 1. The number of hydrogen-bond donors (Lipinski definition) is 3. The SMILES string of the molecule is CC(C)(C)[C@@H]1NC(=O)OCCCCCCc2cccc3c2CN(C3)C(=O)O[C@@H]2C[C@@H](C(=O)NC34C[C@H]3CCCCCCCS(=O)(=O)NC4=O)N(C2)C1=O. The van der Waals surface area contributed by atoms with Crippen molar-refractivity contribution in [1.82, 2.24) is 25.2 Å². The average molecular weight is 758 g/mol. The zero-order valence-electron chi connectivity index (χ0n) is 31.2. The maximum Gasteiger partial charge on any atom is 0.410 e. The molecule has 1 aromatic rings. The monoisotopic (exact) mass is 757 g/mol. The summed E-state index contributed by atoms with van der Waals surface area (Å²) in [5.74, 6) is -2.43. The predicted molar refractivity (Wildman–Crippen MR) is 195 cm³/mol. The van der Waals surface area contributed by atoms with Gasteiger partial charge in [-0.15, -0.1) is 0 Å². The van der Waals surface area contributed by atoms with Gasteiger partial charge in [-0.3, -0.25) is 24.0 Å². The Morgan fingerprint density at radius 2 is 1.66 bits per heavy atom. The van der Waals surface area contributed by atoms with E-state index in [4.69, 9.17) is 9.47 Å². The lowest BCUT2D eigenvalue weighted by molar-refractivity contribution is -0.143. The van der Waals surface area contributed by atoms with E-state index < -0.39 is 69.1 Å². The highest BCUT2D eigenvalue weighted by Gasteiger charge is 2.62. The Balaban J connectivity index is 1.26. The second kappa shape index (κ2) is 15.8. The maximum absolute atomic E-state index is 14.5. The molecule has 1 unspecified atom stereocenters. The van der Waals surface area contributed by atoms with Crippen molar-refractivity contribution in [3.63, 3.8) is 0 Å². The van der Waals surface area contributed by atoms with Crippen LogP contribution in [0.15, 0.2) is 18.2 Å². The third-order valence-electron chi connectivity index (χ3n) is 11.5. The number of alkyl carbamates (subject to hydrolysis) is 1. The first-order valence-corrected chi connectivity index (χ1v) is 21.0. The van der Waals surface area contributed by atoms with E-state index in [0.29, 0.717) is 32.4 Å². The second-order valence-electron chi connectivity index (χ2n) is 16.6. The number of nitrogens with one attached hydrogen (secondary N) is 3. The van der Waals surface area contributed by atoms with Gasteiger partial charge in [0, 0.05) is 19.5 Å². The molecule has 14 nitrogen and oxygen atoms in total. The molecule has 4 aliphatic heterocycles. The highest BCUT2D eigenvalue weighted by molar-refractivity contribution is 7.90. The normalized spacial score (nSPS) is 30.3. The van der Waals surface area contributed by atoms with Crippen molar-refractivity contribution in [3.8, 4) is 0 Å².